The Morgan fingerprint density at radius 2 is 1.88 bits per heavy atom. The molecule has 3 nitrogen and oxygen atoms in total. The van der Waals surface area contributed by atoms with E-state index in [9.17, 15) is 9.59 Å². The molecular weight excluding hydrogens is 216 g/mol. The molecule has 17 heavy (non-hydrogen) atoms. The van der Waals surface area contributed by atoms with Crippen molar-refractivity contribution in [2.75, 3.05) is 7.11 Å². The number of methoxy groups -OCH3 is 1. The highest BCUT2D eigenvalue weighted by atomic mass is 16.5. The summed E-state index contributed by atoms with van der Waals surface area (Å²) in [5.41, 5.74) is 0. The highest BCUT2D eigenvalue weighted by molar-refractivity contribution is 6.00. The molecule has 0 radical (unpaired) electrons. The van der Waals surface area contributed by atoms with Crippen molar-refractivity contribution < 1.29 is 14.3 Å². The van der Waals surface area contributed by atoms with E-state index in [0.717, 1.165) is 38.5 Å². The van der Waals surface area contributed by atoms with E-state index in [1.807, 2.05) is 6.92 Å². The Kier molecular flexibility index (Phi) is 5.66. The Morgan fingerprint density at radius 3 is 2.35 bits per heavy atom. The maximum atomic E-state index is 12.4. The van der Waals surface area contributed by atoms with Crippen molar-refractivity contribution in [3.8, 4) is 0 Å². The van der Waals surface area contributed by atoms with Crippen molar-refractivity contribution in [1.82, 2.24) is 0 Å². The molecule has 1 saturated carbocycles. The molecule has 1 rings (SSSR count). The minimum atomic E-state index is -0.539. The van der Waals surface area contributed by atoms with Crippen LogP contribution in [0.2, 0.25) is 0 Å². The van der Waals surface area contributed by atoms with E-state index in [2.05, 4.69) is 6.92 Å². The zero-order valence-corrected chi connectivity index (χ0v) is 11.2. The molecule has 0 bridgehead atoms. The minimum absolute atomic E-state index is 0.0957. The highest BCUT2D eigenvalue weighted by Gasteiger charge is 2.37. The van der Waals surface area contributed by atoms with Crippen LogP contribution in [-0.4, -0.2) is 18.9 Å². The van der Waals surface area contributed by atoms with Crippen LogP contribution in [-0.2, 0) is 14.3 Å². The molecule has 2 unspecified atom stereocenters. The Labute approximate surface area is 104 Å². The zero-order chi connectivity index (χ0) is 12.8. The molecule has 98 valence electrons. The number of hydrogen-bond donors (Lipinski definition) is 0. The summed E-state index contributed by atoms with van der Waals surface area (Å²) in [5, 5.41) is 0. The second-order valence-corrected chi connectivity index (χ2v) is 5.15. The molecule has 0 N–H and O–H groups in total. The first-order valence-corrected chi connectivity index (χ1v) is 6.73. The largest absolute Gasteiger partial charge is 0.468 e. The van der Waals surface area contributed by atoms with Crippen LogP contribution in [0.25, 0.3) is 0 Å². The fraction of sp³-hybridized carbons (Fsp3) is 0.857. The van der Waals surface area contributed by atoms with Gasteiger partial charge >= 0.3 is 5.97 Å². The molecule has 0 aromatic heterocycles. The van der Waals surface area contributed by atoms with Crippen LogP contribution in [0.4, 0.5) is 0 Å². The van der Waals surface area contributed by atoms with Crippen LogP contribution in [0.15, 0.2) is 0 Å². The Bertz CT molecular complexity index is 267. The number of hydrogen-bond acceptors (Lipinski definition) is 3. The Balaban J connectivity index is 2.73. The monoisotopic (exact) mass is 240 g/mol. The molecule has 1 aliphatic carbocycles. The van der Waals surface area contributed by atoms with E-state index in [4.69, 9.17) is 4.74 Å². The summed E-state index contributed by atoms with van der Waals surface area (Å²) < 4.78 is 4.80. The smallest absolute Gasteiger partial charge is 0.316 e. The molecule has 0 spiro atoms. The predicted molar refractivity (Wildman–Crippen MR) is 66.5 cm³/mol. The molecule has 3 heteroatoms. The normalized spacial score (nSPS) is 19.9. The lowest BCUT2D eigenvalue weighted by atomic mass is 9.81. The first-order chi connectivity index (χ1) is 8.11. The lowest BCUT2D eigenvalue weighted by molar-refractivity contribution is -0.152. The van der Waals surface area contributed by atoms with E-state index < -0.39 is 5.92 Å². The van der Waals surface area contributed by atoms with Crippen LogP contribution in [0, 0.1) is 17.8 Å². The zero-order valence-electron chi connectivity index (χ0n) is 11.2. The summed E-state index contributed by atoms with van der Waals surface area (Å²) in [4.78, 5) is 24.1. The highest BCUT2D eigenvalue weighted by Crippen LogP contribution is 2.31. The van der Waals surface area contributed by atoms with Gasteiger partial charge in [0, 0.05) is 5.92 Å². The number of carbonyl (C=O) groups is 2. The molecule has 1 fully saturated rings. The fourth-order valence-electron chi connectivity index (χ4n) is 2.84. The van der Waals surface area contributed by atoms with Crippen molar-refractivity contribution in [2.45, 2.75) is 52.4 Å². The van der Waals surface area contributed by atoms with Crippen LogP contribution in [0.5, 0.6) is 0 Å². The Morgan fingerprint density at radius 1 is 1.29 bits per heavy atom. The molecule has 0 aliphatic heterocycles. The second-order valence-electron chi connectivity index (χ2n) is 5.15. The van der Waals surface area contributed by atoms with Gasteiger partial charge in [-0.2, -0.15) is 0 Å². The maximum Gasteiger partial charge on any atom is 0.316 e. The predicted octanol–water partition coefficient (Wildman–Crippen LogP) is 2.97. The van der Waals surface area contributed by atoms with E-state index in [0.29, 0.717) is 0 Å². The number of Topliss-reactive ketones (excluding diaryl/α,β-unsaturated/α-hetero) is 1. The minimum Gasteiger partial charge on any atom is -0.468 e. The summed E-state index contributed by atoms with van der Waals surface area (Å²) >= 11 is 0. The third-order valence-corrected chi connectivity index (χ3v) is 3.83. The number of rotatable bonds is 6. The average Bonchev–Trinajstić information content (AvgIpc) is 2.82. The van der Waals surface area contributed by atoms with Gasteiger partial charge in [0.1, 0.15) is 11.7 Å². The van der Waals surface area contributed by atoms with Crippen molar-refractivity contribution in [3.63, 3.8) is 0 Å². The first kappa shape index (κ1) is 14.2. The third kappa shape index (κ3) is 3.55. The Hall–Kier alpha value is -0.860. The quantitative estimate of drug-likeness (QED) is 0.529. The van der Waals surface area contributed by atoms with Gasteiger partial charge in [0.2, 0.25) is 0 Å². The van der Waals surface area contributed by atoms with Crippen molar-refractivity contribution in [2.24, 2.45) is 17.8 Å². The van der Waals surface area contributed by atoms with Gasteiger partial charge in [0.15, 0.2) is 0 Å². The van der Waals surface area contributed by atoms with E-state index in [1.165, 1.54) is 7.11 Å². The van der Waals surface area contributed by atoms with Gasteiger partial charge in [-0.1, -0.05) is 33.1 Å². The van der Waals surface area contributed by atoms with Gasteiger partial charge in [-0.15, -0.1) is 0 Å². The van der Waals surface area contributed by atoms with Crippen LogP contribution in [0.3, 0.4) is 0 Å². The van der Waals surface area contributed by atoms with E-state index >= 15 is 0 Å². The SMILES string of the molecule is CCCC(C)C(C(=O)OC)C(=O)C1CCCC1. The van der Waals surface area contributed by atoms with Gasteiger partial charge in [-0.25, -0.2) is 0 Å². The number of ketones is 1. The van der Waals surface area contributed by atoms with Crippen LogP contribution in [0.1, 0.15) is 52.4 Å². The maximum absolute atomic E-state index is 12.4. The summed E-state index contributed by atoms with van der Waals surface area (Å²) in [5.74, 6) is -0.569. The molecule has 0 aromatic rings. The molecule has 1 aliphatic rings. The van der Waals surface area contributed by atoms with E-state index in [-0.39, 0.29) is 23.6 Å². The first-order valence-electron chi connectivity index (χ1n) is 6.73. The lowest BCUT2D eigenvalue weighted by Gasteiger charge is -2.22. The lowest BCUT2D eigenvalue weighted by Crippen LogP contribution is -2.34. The topological polar surface area (TPSA) is 43.4 Å². The molecule has 0 amide bonds. The van der Waals surface area contributed by atoms with E-state index in [1.54, 1.807) is 0 Å². The summed E-state index contributed by atoms with van der Waals surface area (Å²) in [6.45, 7) is 4.06. The van der Waals surface area contributed by atoms with Crippen LogP contribution < -0.4 is 0 Å². The van der Waals surface area contributed by atoms with Gasteiger partial charge < -0.3 is 4.74 Å². The van der Waals surface area contributed by atoms with Crippen molar-refractivity contribution >= 4 is 11.8 Å². The fourth-order valence-corrected chi connectivity index (χ4v) is 2.84. The second kappa shape index (κ2) is 6.77. The molecular formula is C14H24O3. The van der Waals surface area contributed by atoms with Crippen LogP contribution >= 0.6 is 0 Å². The van der Waals surface area contributed by atoms with Gasteiger partial charge in [-0.05, 0) is 25.2 Å². The van der Waals surface area contributed by atoms with Crippen molar-refractivity contribution in [3.05, 3.63) is 0 Å². The summed E-state index contributed by atoms with van der Waals surface area (Å²) in [6.07, 6.45) is 6.03. The number of ether oxygens (including phenoxy) is 1. The summed E-state index contributed by atoms with van der Waals surface area (Å²) in [7, 11) is 1.37. The number of carbonyl (C=O) groups excluding carboxylic acids is 2. The molecule has 0 saturated heterocycles. The standard InChI is InChI=1S/C14H24O3/c1-4-7-10(2)12(14(16)17-3)13(15)11-8-5-6-9-11/h10-12H,4-9H2,1-3H3. The molecule has 0 heterocycles. The van der Waals surface area contributed by atoms with Gasteiger partial charge in [0.05, 0.1) is 7.11 Å². The third-order valence-electron chi connectivity index (χ3n) is 3.83. The van der Waals surface area contributed by atoms with Gasteiger partial charge in [0.25, 0.3) is 0 Å². The summed E-state index contributed by atoms with van der Waals surface area (Å²) in [6, 6.07) is 0. The molecule has 0 aromatic carbocycles. The average molecular weight is 240 g/mol. The van der Waals surface area contributed by atoms with Gasteiger partial charge in [-0.3, -0.25) is 9.59 Å². The van der Waals surface area contributed by atoms with Crippen molar-refractivity contribution in [1.29, 1.82) is 0 Å². The molecule has 2 atom stereocenters. The number of esters is 1.